The van der Waals surface area contributed by atoms with Crippen molar-refractivity contribution in [3.8, 4) is 5.75 Å². The summed E-state index contributed by atoms with van der Waals surface area (Å²) < 4.78 is 0. The van der Waals surface area contributed by atoms with Crippen molar-refractivity contribution in [3.63, 3.8) is 0 Å². The van der Waals surface area contributed by atoms with E-state index in [-0.39, 0.29) is 11.5 Å². The number of hydrogen-bond donors (Lipinski definition) is 2. The van der Waals surface area contributed by atoms with Crippen molar-refractivity contribution in [1.29, 1.82) is 0 Å². The minimum absolute atomic E-state index is 0.0487. The zero-order valence-electron chi connectivity index (χ0n) is 16.9. The molecular weight excluding hydrogens is 308 g/mol. The molecule has 2 heteroatoms. The lowest BCUT2D eigenvalue weighted by Crippen LogP contribution is -2.46. The average Bonchev–Trinajstić information content (AvgIpc) is 2.58. The summed E-state index contributed by atoms with van der Waals surface area (Å²) in [5, 5.41) is 20.5. The number of rotatable bonds is 7. The monoisotopic (exact) mass is 346 g/mol. The normalized spacial score (nSPS) is 31.0. The SMILES string of the molecule is CCCc1cc(O)ccc1CC1CCC(C)(C(O)CCC)C(C)C1C. The Morgan fingerprint density at radius 2 is 1.88 bits per heavy atom. The van der Waals surface area contributed by atoms with Gasteiger partial charge in [0, 0.05) is 0 Å². The van der Waals surface area contributed by atoms with Crippen LogP contribution < -0.4 is 0 Å². The number of benzene rings is 1. The molecule has 1 aliphatic rings. The van der Waals surface area contributed by atoms with Gasteiger partial charge in [-0.1, -0.05) is 53.5 Å². The Labute approximate surface area is 154 Å². The Morgan fingerprint density at radius 3 is 2.52 bits per heavy atom. The molecule has 0 heterocycles. The van der Waals surface area contributed by atoms with E-state index in [1.807, 2.05) is 12.1 Å². The Kier molecular flexibility index (Phi) is 6.96. The van der Waals surface area contributed by atoms with Gasteiger partial charge in [-0.15, -0.1) is 0 Å². The molecule has 1 aromatic rings. The molecule has 2 nitrogen and oxygen atoms in total. The third-order valence-corrected chi connectivity index (χ3v) is 7.14. The quantitative estimate of drug-likeness (QED) is 0.661. The topological polar surface area (TPSA) is 40.5 Å². The molecule has 0 radical (unpaired) electrons. The van der Waals surface area contributed by atoms with Gasteiger partial charge in [0.1, 0.15) is 5.75 Å². The van der Waals surface area contributed by atoms with Crippen LogP contribution >= 0.6 is 0 Å². The van der Waals surface area contributed by atoms with Gasteiger partial charge < -0.3 is 10.2 Å². The van der Waals surface area contributed by atoms with Crippen molar-refractivity contribution in [2.24, 2.45) is 23.2 Å². The molecule has 0 bridgehead atoms. The maximum Gasteiger partial charge on any atom is 0.115 e. The van der Waals surface area contributed by atoms with E-state index in [0.717, 1.165) is 38.5 Å². The van der Waals surface area contributed by atoms with Gasteiger partial charge in [0.2, 0.25) is 0 Å². The number of aryl methyl sites for hydroxylation is 1. The Hall–Kier alpha value is -1.02. The van der Waals surface area contributed by atoms with Gasteiger partial charge in [-0.25, -0.2) is 0 Å². The lowest BCUT2D eigenvalue weighted by molar-refractivity contribution is -0.0685. The molecule has 0 aromatic heterocycles. The lowest BCUT2D eigenvalue weighted by Gasteiger charge is -2.50. The van der Waals surface area contributed by atoms with Crippen LogP contribution in [0.5, 0.6) is 5.75 Å². The molecule has 0 saturated heterocycles. The summed E-state index contributed by atoms with van der Waals surface area (Å²) in [5.74, 6) is 2.18. The molecule has 0 spiro atoms. The minimum Gasteiger partial charge on any atom is -0.508 e. The number of aromatic hydroxyl groups is 1. The van der Waals surface area contributed by atoms with Crippen LogP contribution in [0.3, 0.4) is 0 Å². The van der Waals surface area contributed by atoms with Gasteiger partial charge >= 0.3 is 0 Å². The maximum absolute atomic E-state index is 10.7. The molecule has 2 rings (SSSR count). The summed E-state index contributed by atoms with van der Waals surface area (Å²) in [4.78, 5) is 0. The molecule has 1 aromatic carbocycles. The molecule has 5 atom stereocenters. The predicted molar refractivity (Wildman–Crippen MR) is 106 cm³/mol. The van der Waals surface area contributed by atoms with Crippen LogP contribution in [0.1, 0.15) is 77.8 Å². The van der Waals surface area contributed by atoms with Gasteiger partial charge in [0.25, 0.3) is 0 Å². The van der Waals surface area contributed by atoms with E-state index in [1.54, 1.807) is 0 Å². The van der Waals surface area contributed by atoms with Gasteiger partial charge in [0.05, 0.1) is 6.10 Å². The van der Waals surface area contributed by atoms with Crippen LogP contribution in [0, 0.1) is 23.2 Å². The van der Waals surface area contributed by atoms with Crippen LogP contribution in [0.15, 0.2) is 18.2 Å². The molecule has 5 unspecified atom stereocenters. The summed E-state index contributed by atoms with van der Waals surface area (Å²) in [5.41, 5.74) is 2.76. The van der Waals surface area contributed by atoms with Gasteiger partial charge in [-0.05, 0) is 78.5 Å². The van der Waals surface area contributed by atoms with Crippen molar-refractivity contribution in [1.82, 2.24) is 0 Å². The van der Waals surface area contributed by atoms with Crippen LogP contribution in [0.2, 0.25) is 0 Å². The van der Waals surface area contributed by atoms with Gasteiger partial charge in [-0.3, -0.25) is 0 Å². The number of hydrogen-bond acceptors (Lipinski definition) is 2. The van der Waals surface area contributed by atoms with Crippen molar-refractivity contribution in [2.75, 3.05) is 0 Å². The van der Waals surface area contributed by atoms with Crippen molar-refractivity contribution < 1.29 is 10.2 Å². The Morgan fingerprint density at radius 1 is 1.16 bits per heavy atom. The van der Waals surface area contributed by atoms with E-state index in [9.17, 15) is 10.2 Å². The fraction of sp³-hybridized carbons (Fsp3) is 0.739. The first kappa shape index (κ1) is 20.3. The Bertz CT molecular complexity index is 553. The first-order chi connectivity index (χ1) is 11.8. The molecule has 2 N–H and O–H groups in total. The third-order valence-electron chi connectivity index (χ3n) is 7.14. The van der Waals surface area contributed by atoms with Crippen molar-refractivity contribution in [2.45, 2.75) is 85.7 Å². The summed E-state index contributed by atoms with van der Waals surface area (Å²) >= 11 is 0. The van der Waals surface area contributed by atoms with E-state index in [4.69, 9.17) is 0 Å². The number of aliphatic hydroxyl groups excluding tert-OH is 1. The van der Waals surface area contributed by atoms with E-state index in [2.05, 4.69) is 40.7 Å². The lowest BCUT2D eigenvalue weighted by atomic mass is 9.56. The second-order valence-electron chi connectivity index (χ2n) is 8.66. The zero-order chi connectivity index (χ0) is 18.6. The number of phenolic OH excluding ortho intramolecular Hbond substituents is 1. The summed E-state index contributed by atoms with van der Waals surface area (Å²) in [6.07, 6.45) is 7.33. The van der Waals surface area contributed by atoms with E-state index < -0.39 is 0 Å². The first-order valence-corrected chi connectivity index (χ1v) is 10.3. The fourth-order valence-electron chi connectivity index (χ4n) is 4.95. The number of aliphatic hydroxyl groups is 1. The smallest absolute Gasteiger partial charge is 0.115 e. The van der Waals surface area contributed by atoms with Crippen molar-refractivity contribution >= 4 is 0 Å². The standard InChI is InChI=1S/C23H38O2/c1-6-8-19-15-21(24)11-10-20(19)14-18-12-13-23(5,17(4)16(18)3)22(25)9-7-2/h10-11,15-18,22,24-25H,6-9,12-14H2,1-5H3. The van der Waals surface area contributed by atoms with E-state index in [0.29, 0.717) is 23.5 Å². The van der Waals surface area contributed by atoms with E-state index >= 15 is 0 Å². The van der Waals surface area contributed by atoms with Gasteiger partial charge in [-0.2, -0.15) is 0 Å². The minimum atomic E-state index is -0.180. The summed E-state index contributed by atoms with van der Waals surface area (Å²) in [6, 6.07) is 5.91. The predicted octanol–water partition coefficient (Wildman–Crippen LogP) is 5.74. The van der Waals surface area contributed by atoms with Crippen LogP contribution in [-0.2, 0) is 12.8 Å². The molecule has 142 valence electrons. The second kappa shape index (κ2) is 8.58. The van der Waals surface area contributed by atoms with Crippen LogP contribution in [-0.4, -0.2) is 16.3 Å². The largest absolute Gasteiger partial charge is 0.508 e. The van der Waals surface area contributed by atoms with Crippen LogP contribution in [0.4, 0.5) is 0 Å². The average molecular weight is 347 g/mol. The maximum atomic E-state index is 10.7. The van der Waals surface area contributed by atoms with Crippen molar-refractivity contribution in [3.05, 3.63) is 29.3 Å². The summed E-state index contributed by atoms with van der Waals surface area (Å²) in [7, 11) is 0. The number of phenols is 1. The highest BCUT2D eigenvalue weighted by Crippen LogP contribution is 2.50. The highest BCUT2D eigenvalue weighted by Gasteiger charge is 2.45. The summed E-state index contributed by atoms with van der Waals surface area (Å²) in [6.45, 7) is 11.4. The Balaban J connectivity index is 2.13. The fourth-order valence-corrected chi connectivity index (χ4v) is 4.95. The third kappa shape index (κ3) is 4.39. The molecule has 1 fully saturated rings. The molecular formula is C23H38O2. The zero-order valence-corrected chi connectivity index (χ0v) is 16.9. The molecule has 0 amide bonds. The van der Waals surface area contributed by atoms with Crippen LogP contribution in [0.25, 0.3) is 0 Å². The second-order valence-corrected chi connectivity index (χ2v) is 8.66. The van der Waals surface area contributed by atoms with Gasteiger partial charge in [0.15, 0.2) is 0 Å². The van der Waals surface area contributed by atoms with E-state index in [1.165, 1.54) is 17.5 Å². The highest BCUT2D eigenvalue weighted by atomic mass is 16.3. The highest BCUT2D eigenvalue weighted by molar-refractivity contribution is 5.35. The molecule has 1 saturated carbocycles. The molecule has 0 aliphatic heterocycles. The first-order valence-electron chi connectivity index (χ1n) is 10.3. The molecule has 1 aliphatic carbocycles. The molecule has 25 heavy (non-hydrogen) atoms.